The van der Waals surface area contributed by atoms with Gasteiger partial charge in [-0.25, -0.2) is 4.79 Å². The highest BCUT2D eigenvalue weighted by molar-refractivity contribution is 6.31. The number of hydrogen-bond donors (Lipinski definition) is 1. The predicted molar refractivity (Wildman–Crippen MR) is 130 cm³/mol. The third-order valence-corrected chi connectivity index (χ3v) is 6.85. The summed E-state index contributed by atoms with van der Waals surface area (Å²) in [4.78, 5) is 30.6. The summed E-state index contributed by atoms with van der Waals surface area (Å²) in [6, 6.07) is 26.1. The lowest BCUT2D eigenvalue weighted by Crippen LogP contribution is -2.49. The minimum absolute atomic E-state index is 0.186. The van der Waals surface area contributed by atoms with Gasteiger partial charge in [-0.2, -0.15) is 0 Å². The quantitative estimate of drug-likeness (QED) is 0.547. The van der Waals surface area contributed by atoms with Crippen molar-refractivity contribution in [1.82, 2.24) is 15.1 Å². The van der Waals surface area contributed by atoms with E-state index in [0.717, 1.165) is 28.3 Å². The summed E-state index contributed by atoms with van der Waals surface area (Å²) in [5, 5.41) is 3.73. The van der Waals surface area contributed by atoms with Crippen LogP contribution in [0.2, 0.25) is 5.02 Å². The van der Waals surface area contributed by atoms with E-state index >= 15 is 0 Å². The number of benzene rings is 3. The molecule has 0 radical (unpaired) electrons. The molecule has 1 N–H and O–H groups in total. The third-order valence-electron chi connectivity index (χ3n) is 6.48. The second-order valence-corrected chi connectivity index (χ2v) is 9.05. The topological polar surface area (TPSA) is 61.9 Å². The van der Waals surface area contributed by atoms with E-state index < -0.39 is 11.6 Å². The molecule has 2 fully saturated rings. The van der Waals surface area contributed by atoms with Crippen LogP contribution in [0, 0.1) is 0 Å². The summed E-state index contributed by atoms with van der Waals surface area (Å²) in [5.74, 6) is -0.290. The van der Waals surface area contributed by atoms with Crippen LogP contribution < -0.4 is 5.32 Å². The normalized spacial score (nSPS) is 20.4. The van der Waals surface area contributed by atoms with E-state index in [0.29, 0.717) is 19.7 Å². The molecular formula is C27H26ClN3O3. The van der Waals surface area contributed by atoms with E-state index in [2.05, 4.69) is 10.2 Å². The maximum atomic E-state index is 13.9. The number of carbonyl (C=O) groups is 2. The van der Waals surface area contributed by atoms with Crippen LogP contribution in [0.5, 0.6) is 0 Å². The molecule has 2 aliphatic heterocycles. The lowest BCUT2D eigenvalue weighted by Gasteiger charge is -2.34. The molecule has 7 heteroatoms. The molecule has 1 unspecified atom stereocenters. The minimum atomic E-state index is -1.26. The zero-order valence-electron chi connectivity index (χ0n) is 18.7. The summed E-state index contributed by atoms with van der Waals surface area (Å²) in [6.07, 6.45) is -0.284. The van der Waals surface area contributed by atoms with Gasteiger partial charge in [0.15, 0.2) is 5.54 Å². The van der Waals surface area contributed by atoms with E-state index in [1.807, 2.05) is 84.9 Å². The first kappa shape index (κ1) is 22.6. The fraction of sp³-hybridized carbons (Fsp3) is 0.259. The van der Waals surface area contributed by atoms with Crippen molar-refractivity contribution in [2.24, 2.45) is 0 Å². The van der Waals surface area contributed by atoms with Crippen molar-refractivity contribution < 1.29 is 14.3 Å². The highest BCUT2D eigenvalue weighted by Gasteiger charge is 2.54. The molecule has 2 heterocycles. The standard InChI is InChI=1S/C27H26ClN3O3/c28-24-14-8-7-9-20(24)17-30-15-16-34-23(18-30)19-31-25(32)27(29-26(31)33,21-10-3-1-4-11-21)22-12-5-2-6-13-22/h1-14,23H,15-19H2,(H,29,33). The van der Waals surface area contributed by atoms with Crippen molar-refractivity contribution >= 4 is 23.5 Å². The van der Waals surface area contributed by atoms with Gasteiger partial charge in [-0.1, -0.05) is 90.5 Å². The highest BCUT2D eigenvalue weighted by Crippen LogP contribution is 2.36. The molecule has 0 aromatic heterocycles. The fourth-order valence-corrected chi connectivity index (χ4v) is 4.98. The SMILES string of the molecule is O=C1NC(c2ccccc2)(c2ccccc2)C(=O)N1CC1CN(Cc2ccccc2Cl)CCO1. The van der Waals surface area contributed by atoms with E-state index in [1.54, 1.807) is 0 Å². The van der Waals surface area contributed by atoms with Gasteiger partial charge in [0.2, 0.25) is 0 Å². The number of ether oxygens (including phenoxy) is 1. The van der Waals surface area contributed by atoms with Crippen LogP contribution in [0.1, 0.15) is 16.7 Å². The van der Waals surface area contributed by atoms with Gasteiger partial charge < -0.3 is 10.1 Å². The largest absolute Gasteiger partial charge is 0.374 e. The van der Waals surface area contributed by atoms with Crippen LogP contribution in [0.4, 0.5) is 4.79 Å². The second kappa shape index (κ2) is 9.58. The molecule has 6 nitrogen and oxygen atoms in total. The Labute approximate surface area is 204 Å². The van der Waals surface area contributed by atoms with Crippen molar-refractivity contribution in [1.29, 1.82) is 0 Å². The van der Waals surface area contributed by atoms with E-state index in [9.17, 15) is 9.59 Å². The van der Waals surface area contributed by atoms with Gasteiger partial charge >= 0.3 is 6.03 Å². The number of carbonyl (C=O) groups excluding carboxylic acids is 2. The van der Waals surface area contributed by atoms with Crippen molar-refractivity contribution in [3.63, 3.8) is 0 Å². The summed E-state index contributed by atoms with van der Waals surface area (Å²) in [7, 11) is 0. The number of rotatable bonds is 6. The van der Waals surface area contributed by atoms with Crippen molar-refractivity contribution in [3.05, 3.63) is 107 Å². The number of imide groups is 1. The van der Waals surface area contributed by atoms with Gasteiger partial charge in [-0.15, -0.1) is 0 Å². The second-order valence-electron chi connectivity index (χ2n) is 8.65. The Hall–Kier alpha value is -3.19. The van der Waals surface area contributed by atoms with Crippen molar-refractivity contribution in [3.8, 4) is 0 Å². The van der Waals surface area contributed by atoms with Gasteiger partial charge in [0, 0.05) is 24.7 Å². The van der Waals surface area contributed by atoms with Crippen molar-refractivity contribution in [2.45, 2.75) is 18.2 Å². The van der Waals surface area contributed by atoms with Gasteiger partial charge in [0.05, 0.1) is 19.3 Å². The van der Waals surface area contributed by atoms with E-state index in [1.165, 1.54) is 4.90 Å². The summed E-state index contributed by atoms with van der Waals surface area (Å²) in [5.41, 5.74) is 1.25. The smallest absolute Gasteiger partial charge is 0.325 e. The number of halogens is 1. The summed E-state index contributed by atoms with van der Waals surface area (Å²) in [6.45, 7) is 2.77. The Kier molecular flexibility index (Phi) is 6.37. The van der Waals surface area contributed by atoms with Gasteiger partial charge in [0.1, 0.15) is 0 Å². The number of nitrogens with one attached hydrogen (secondary N) is 1. The number of amides is 3. The van der Waals surface area contributed by atoms with Gasteiger partial charge in [-0.3, -0.25) is 14.6 Å². The summed E-state index contributed by atoms with van der Waals surface area (Å²) >= 11 is 6.34. The average molecular weight is 476 g/mol. The highest BCUT2D eigenvalue weighted by atomic mass is 35.5. The Morgan fingerprint density at radius 2 is 1.53 bits per heavy atom. The molecule has 3 aromatic rings. The van der Waals surface area contributed by atoms with Crippen LogP contribution in [-0.4, -0.2) is 54.1 Å². The molecule has 0 spiro atoms. The van der Waals surface area contributed by atoms with Crippen LogP contribution >= 0.6 is 11.6 Å². The molecule has 34 heavy (non-hydrogen) atoms. The maximum Gasteiger partial charge on any atom is 0.325 e. The lowest BCUT2D eigenvalue weighted by atomic mass is 9.82. The number of hydrogen-bond acceptors (Lipinski definition) is 4. The van der Waals surface area contributed by atoms with E-state index in [4.69, 9.17) is 16.3 Å². The third kappa shape index (κ3) is 4.20. The molecule has 3 amide bonds. The predicted octanol–water partition coefficient (Wildman–Crippen LogP) is 4.04. The zero-order chi connectivity index (χ0) is 23.5. The number of urea groups is 1. The fourth-order valence-electron chi connectivity index (χ4n) is 4.78. The molecular weight excluding hydrogens is 450 g/mol. The zero-order valence-corrected chi connectivity index (χ0v) is 19.4. The van der Waals surface area contributed by atoms with Crippen LogP contribution in [-0.2, 0) is 21.6 Å². The van der Waals surface area contributed by atoms with Crippen LogP contribution in [0.25, 0.3) is 0 Å². The minimum Gasteiger partial charge on any atom is -0.374 e. The molecule has 0 bridgehead atoms. The monoisotopic (exact) mass is 475 g/mol. The van der Waals surface area contributed by atoms with E-state index in [-0.39, 0.29) is 18.6 Å². The van der Waals surface area contributed by atoms with Gasteiger partial charge in [-0.05, 0) is 22.8 Å². The Morgan fingerprint density at radius 3 is 2.18 bits per heavy atom. The first-order chi connectivity index (χ1) is 16.6. The molecule has 3 aromatic carbocycles. The van der Waals surface area contributed by atoms with Crippen LogP contribution in [0.15, 0.2) is 84.9 Å². The van der Waals surface area contributed by atoms with Gasteiger partial charge in [0.25, 0.3) is 5.91 Å². The van der Waals surface area contributed by atoms with Crippen molar-refractivity contribution in [2.75, 3.05) is 26.2 Å². The molecule has 2 saturated heterocycles. The first-order valence-electron chi connectivity index (χ1n) is 11.4. The molecule has 2 aliphatic rings. The number of morpholine rings is 1. The molecule has 0 saturated carbocycles. The Balaban J connectivity index is 1.37. The summed E-state index contributed by atoms with van der Waals surface area (Å²) < 4.78 is 5.97. The Bertz CT molecular complexity index is 1130. The maximum absolute atomic E-state index is 13.9. The average Bonchev–Trinajstić information content (AvgIpc) is 3.12. The lowest BCUT2D eigenvalue weighted by molar-refractivity contribution is -0.132. The molecule has 0 aliphatic carbocycles. The molecule has 5 rings (SSSR count). The molecule has 174 valence electrons. The molecule has 1 atom stereocenters. The Morgan fingerprint density at radius 1 is 0.912 bits per heavy atom. The van der Waals surface area contributed by atoms with Crippen LogP contribution in [0.3, 0.4) is 0 Å². The first-order valence-corrected chi connectivity index (χ1v) is 11.8. The number of nitrogens with zero attached hydrogens (tertiary/aromatic N) is 2.